The van der Waals surface area contributed by atoms with Crippen molar-refractivity contribution in [2.45, 2.75) is 26.2 Å². The fourth-order valence-corrected chi connectivity index (χ4v) is 3.52. The van der Waals surface area contributed by atoms with Gasteiger partial charge in [0.1, 0.15) is 12.1 Å². The molecule has 0 N–H and O–H groups in total. The lowest BCUT2D eigenvalue weighted by Crippen LogP contribution is -2.49. The van der Waals surface area contributed by atoms with Crippen molar-refractivity contribution in [3.05, 3.63) is 54.0 Å². The van der Waals surface area contributed by atoms with Crippen LogP contribution in [0.1, 0.15) is 24.6 Å². The SMILES string of the molecule is CCCc1cc(N2CCN(C(=O)Cc3ccccc3)CC2)n2ncnc2n1. The maximum atomic E-state index is 12.6. The molecule has 1 amide bonds. The Morgan fingerprint density at radius 2 is 1.89 bits per heavy atom. The van der Waals surface area contributed by atoms with Crippen molar-refractivity contribution < 1.29 is 4.79 Å². The highest BCUT2D eigenvalue weighted by Crippen LogP contribution is 2.19. The molecule has 2 aromatic heterocycles. The van der Waals surface area contributed by atoms with Crippen LogP contribution in [0, 0.1) is 0 Å². The zero-order valence-electron chi connectivity index (χ0n) is 15.6. The molecule has 3 aromatic rings. The molecular weight excluding hydrogens is 340 g/mol. The Bertz CT molecular complexity index is 915. The van der Waals surface area contributed by atoms with Gasteiger partial charge in [-0.1, -0.05) is 43.7 Å². The minimum Gasteiger partial charge on any atom is -0.353 e. The average molecular weight is 364 g/mol. The monoisotopic (exact) mass is 364 g/mol. The van der Waals surface area contributed by atoms with E-state index in [0.717, 1.165) is 43.0 Å². The topological polar surface area (TPSA) is 66.6 Å². The van der Waals surface area contributed by atoms with Gasteiger partial charge >= 0.3 is 0 Å². The first kappa shape index (κ1) is 17.5. The van der Waals surface area contributed by atoms with E-state index in [-0.39, 0.29) is 5.91 Å². The standard InChI is InChI=1S/C20H24N6O/c1-2-6-17-14-18(26-20(23-17)21-15-22-26)24-9-11-25(12-10-24)19(27)13-16-7-4-3-5-8-16/h3-5,7-8,14-15H,2,6,9-13H2,1H3. The van der Waals surface area contributed by atoms with Gasteiger partial charge in [-0.3, -0.25) is 4.79 Å². The molecule has 7 nitrogen and oxygen atoms in total. The smallest absolute Gasteiger partial charge is 0.254 e. The summed E-state index contributed by atoms with van der Waals surface area (Å²) < 4.78 is 1.79. The highest BCUT2D eigenvalue weighted by Gasteiger charge is 2.23. The van der Waals surface area contributed by atoms with Gasteiger partial charge < -0.3 is 9.80 Å². The Morgan fingerprint density at radius 3 is 2.63 bits per heavy atom. The molecule has 0 bridgehead atoms. The summed E-state index contributed by atoms with van der Waals surface area (Å²) in [5.41, 5.74) is 2.10. The largest absolute Gasteiger partial charge is 0.353 e. The third-order valence-electron chi connectivity index (χ3n) is 4.95. The van der Waals surface area contributed by atoms with Crippen LogP contribution in [0.25, 0.3) is 5.78 Å². The number of aromatic nitrogens is 4. The third kappa shape index (κ3) is 3.77. The molecule has 1 aliphatic heterocycles. The molecule has 0 unspecified atom stereocenters. The first-order valence-electron chi connectivity index (χ1n) is 9.51. The Morgan fingerprint density at radius 1 is 1.11 bits per heavy atom. The summed E-state index contributed by atoms with van der Waals surface area (Å²) in [6.07, 6.45) is 3.97. The lowest BCUT2D eigenvalue weighted by atomic mass is 10.1. The molecule has 0 saturated carbocycles. The maximum absolute atomic E-state index is 12.6. The van der Waals surface area contributed by atoms with Crippen molar-refractivity contribution >= 4 is 17.5 Å². The molecular formula is C20H24N6O. The summed E-state index contributed by atoms with van der Waals surface area (Å²) in [5, 5.41) is 4.33. The number of hydrogen-bond acceptors (Lipinski definition) is 5. The number of aryl methyl sites for hydroxylation is 1. The number of benzene rings is 1. The molecule has 1 aromatic carbocycles. The normalized spacial score (nSPS) is 14.7. The molecule has 0 spiro atoms. The molecule has 0 radical (unpaired) electrons. The predicted molar refractivity (Wildman–Crippen MR) is 104 cm³/mol. The molecule has 1 aliphatic rings. The molecule has 0 aliphatic carbocycles. The van der Waals surface area contributed by atoms with E-state index in [4.69, 9.17) is 0 Å². The quantitative estimate of drug-likeness (QED) is 0.692. The Hall–Kier alpha value is -2.96. The number of rotatable bonds is 5. The van der Waals surface area contributed by atoms with Crippen molar-refractivity contribution in [3.63, 3.8) is 0 Å². The fourth-order valence-electron chi connectivity index (χ4n) is 3.52. The number of nitrogens with zero attached hydrogens (tertiary/aromatic N) is 6. The Kier molecular flexibility index (Phi) is 5.00. The number of hydrogen-bond donors (Lipinski definition) is 0. The van der Waals surface area contributed by atoms with Crippen LogP contribution in [0.2, 0.25) is 0 Å². The second-order valence-corrected chi connectivity index (χ2v) is 6.86. The van der Waals surface area contributed by atoms with Crippen molar-refractivity contribution in [1.82, 2.24) is 24.5 Å². The van der Waals surface area contributed by atoms with Crippen molar-refractivity contribution in [2.75, 3.05) is 31.1 Å². The van der Waals surface area contributed by atoms with Gasteiger partial charge in [0.05, 0.1) is 6.42 Å². The van der Waals surface area contributed by atoms with Gasteiger partial charge in [0.25, 0.3) is 5.78 Å². The zero-order valence-corrected chi connectivity index (χ0v) is 15.6. The summed E-state index contributed by atoms with van der Waals surface area (Å²) in [6, 6.07) is 12.0. The van der Waals surface area contributed by atoms with E-state index < -0.39 is 0 Å². The van der Waals surface area contributed by atoms with Crippen LogP contribution in [0.3, 0.4) is 0 Å². The number of piperazine rings is 1. The highest BCUT2D eigenvalue weighted by atomic mass is 16.2. The lowest BCUT2D eigenvalue weighted by Gasteiger charge is -2.36. The van der Waals surface area contributed by atoms with Crippen molar-refractivity contribution in [2.24, 2.45) is 0 Å². The van der Waals surface area contributed by atoms with Gasteiger partial charge in [0.15, 0.2) is 0 Å². The van der Waals surface area contributed by atoms with Gasteiger partial charge in [-0.2, -0.15) is 14.6 Å². The van der Waals surface area contributed by atoms with Crippen LogP contribution in [0.4, 0.5) is 5.82 Å². The number of fused-ring (bicyclic) bond motifs is 1. The summed E-state index contributed by atoms with van der Waals surface area (Å²) in [6.45, 7) is 5.14. The fraction of sp³-hybridized carbons (Fsp3) is 0.400. The van der Waals surface area contributed by atoms with Crippen molar-refractivity contribution in [3.8, 4) is 0 Å². The molecule has 0 atom stereocenters. The molecule has 1 saturated heterocycles. The van der Waals surface area contributed by atoms with Gasteiger partial charge in [0.2, 0.25) is 5.91 Å². The van der Waals surface area contributed by atoms with E-state index in [1.807, 2.05) is 35.2 Å². The van der Waals surface area contributed by atoms with E-state index in [1.54, 1.807) is 10.8 Å². The van der Waals surface area contributed by atoms with E-state index in [2.05, 4.69) is 33.0 Å². The highest BCUT2D eigenvalue weighted by molar-refractivity contribution is 5.79. The van der Waals surface area contributed by atoms with Crippen LogP contribution in [-0.2, 0) is 17.6 Å². The Balaban J connectivity index is 1.45. The van der Waals surface area contributed by atoms with E-state index in [1.165, 1.54) is 0 Å². The second-order valence-electron chi connectivity index (χ2n) is 6.86. The van der Waals surface area contributed by atoms with Gasteiger partial charge in [0, 0.05) is 37.9 Å². The molecule has 1 fully saturated rings. The third-order valence-corrected chi connectivity index (χ3v) is 4.95. The zero-order chi connectivity index (χ0) is 18.6. The average Bonchev–Trinajstić information content (AvgIpc) is 3.17. The number of amides is 1. The minimum absolute atomic E-state index is 0.188. The number of anilines is 1. The lowest BCUT2D eigenvalue weighted by molar-refractivity contribution is -0.130. The molecule has 140 valence electrons. The second kappa shape index (κ2) is 7.73. The number of carbonyl (C=O) groups excluding carboxylic acids is 1. The van der Waals surface area contributed by atoms with Gasteiger partial charge in [-0.05, 0) is 12.0 Å². The van der Waals surface area contributed by atoms with Crippen LogP contribution >= 0.6 is 0 Å². The van der Waals surface area contributed by atoms with Crippen molar-refractivity contribution in [1.29, 1.82) is 0 Å². The number of carbonyl (C=O) groups is 1. The summed E-state index contributed by atoms with van der Waals surface area (Å²) in [7, 11) is 0. The molecule has 4 rings (SSSR count). The first-order chi connectivity index (χ1) is 13.2. The van der Waals surface area contributed by atoms with Gasteiger partial charge in [-0.25, -0.2) is 4.98 Å². The van der Waals surface area contributed by atoms with E-state index >= 15 is 0 Å². The van der Waals surface area contributed by atoms with Crippen LogP contribution in [0.5, 0.6) is 0 Å². The predicted octanol–water partition coefficient (Wildman–Crippen LogP) is 1.97. The van der Waals surface area contributed by atoms with E-state index in [0.29, 0.717) is 25.3 Å². The minimum atomic E-state index is 0.188. The first-order valence-corrected chi connectivity index (χ1v) is 9.51. The molecule has 27 heavy (non-hydrogen) atoms. The van der Waals surface area contributed by atoms with Crippen LogP contribution < -0.4 is 4.90 Å². The maximum Gasteiger partial charge on any atom is 0.254 e. The summed E-state index contributed by atoms with van der Waals surface area (Å²) in [4.78, 5) is 25.6. The summed E-state index contributed by atoms with van der Waals surface area (Å²) in [5.74, 6) is 1.84. The Labute approximate surface area is 158 Å². The van der Waals surface area contributed by atoms with E-state index in [9.17, 15) is 4.79 Å². The molecule has 3 heterocycles. The van der Waals surface area contributed by atoms with Gasteiger partial charge in [-0.15, -0.1) is 0 Å². The van der Waals surface area contributed by atoms with Crippen LogP contribution in [0.15, 0.2) is 42.7 Å². The molecule has 7 heteroatoms. The van der Waals surface area contributed by atoms with Crippen LogP contribution in [-0.4, -0.2) is 56.6 Å². The summed E-state index contributed by atoms with van der Waals surface area (Å²) >= 11 is 0.